The zero-order valence-corrected chi connectivity index (χ0v) is 14.2. The molecule has 0 saturated carbocycles. The molecule has 2 N–H and O–H groups in total. The van der Waals surface area contributed by atoms with Gasteiger partial charge in [-0.25, -0.2) is 0 Å². The van der Waals surface area contributed by atoms with Crippen molar-refractivity contribution < 1.29 is 14.4 Å². The Hall–Kier alpha value is -3.06. The van der Waals surface area contributed by atoms with Crippen LogP contribution in [0.3, 0.4) is 0 Å². The van der Waals surface area contributed by atoms with Gasteiger partial charge in [0.15, 0.2) is 0 Å². The van der Waals surface area contributed by atoms with E-state index >= 15 is 0 Å². The molecule has 2 heterocycles. The van der Waals surface area contributed by atoms with E-state index < -0.39 is 0 Å². The number of aromatic nitrogens is 3. The van der Waals surface area contributed by atoms with Crippen LogP contribution in [-0.4, -0.2) is 38.8 Å². The molecule has 3 aromatic rings. The SMILES string of the molecule is O=C(CCc1nc(-c2ccncc2)no1)N[C@@H](CO)Cc1ccccc1. The van der Waals surface area contributed by atoms with Gasteiger partial charge in [-0.3, -0.25) is 9.78 Å². The molecule has 1 amide bonds. The van der Waals surface area contributed by atoms with E-state index in [1.54, 1.807) is 24.5 Å². The van der Waals surface area contributed by atoms with E-state index in [4.69, 9.17) is 4.52 Å². The van der Waals surface area contributed by atoms with Crippen molar-refractivity contribution in [3.63, 3.8) is 0 Å². The van der Waals surface area contributed by atoms with E-state index in [-0.39, 0.29) is 25.0 Å². The Morgan fingerprint density at radius 1 is 1.15 bits per heavy atom. The molecule has 2 aromatic heterocycles. The Kier molecular flexibility index (Phi) is 6.05. The molecule has 7 nitrogen and oxygen atoms in total. The lowest BCUT2D eigenvalue weighted by molar-refractivity contribution is -0.122. The molecule has 7 heteroatoms. The van der Waals surface area contributed by atoms with E-state index in [0.717, 1.165) is 11.1 Å². The van der Waals surface area contributed by atoms with E-state index in [1.807, 2.05) is 30.3 Å². The van der Waals surface area contributed by atoms with Crippen LogP contribution >= 0.6 is 0 Å². The lowest BCUT2D eigenvalue weighted by Crippen LogP contribution is -2.39. The first-order chi connectivity index (χ1) is 12.7. The summed E-state index contributed by atoms with van der Waals surface area (Å²) in [5, 5.41) is 16.2. The Bertz CT molecular complexity index is 821. The van der Waals surface area contributed by atoms with Crippen LogP contribution in [0.15, 0.2) is 59.4 Å². The lowest BCUT2D eigenvalue weighted by atomic mass is 10.1. The number of amides is 1. The van der Waals surface area contributed by atoms with Crippen LogP contribution in [0.2, 0.25) is 0 Å². The third-order valence-corrected chi connectivity index (χ3v) is 3.88. The third kappa shape index (κ3) is 4.97. The molecule has 0 fully saturated rings. The highest BCUT2D eigenvalue weighted by molar-refractivity contribution is 5.76. The van der Waals surface area contributed by atoms with E-state index in [2.05, 4.69) is 20.4 Å². The van der Waals surface area contributed by atoms with Gasteiger partial charge in [-0.15, -0.1) is 0 Å². The molecule has 26 heavy (non-hydrogen) atoms. The maximum absolute atomic E-state index is 12.1. The van der Waals surface area contributed by atoms with Gasteiger partial charge < -0.3 is 14.9 Å². The van der Waals surface area contributed by atoms with E-state index in [1.165, 1.54) is 0 Å². The van der Waals surface area contributed by atoms with Gasteiger partial charge >= 0.3 is 0 Å². The molecule has 0 spiro atoms. The quantitative estimate of drug-likeness (QED) is 0.641. The first-order valence-corrected chi connectivity index (χ1v) is 8.41. The summed E-state index contributed by atoms with van der Waals surface area (Å²) < 4.78 is 5.19. The van der Waals surface area contributed by atoms with Gasteiger partial charge in [-0.1, -0.05) is 35.5 Å². The molecule has 0 unspecified atom stereocenters. The van der Waals surface area contributed by atoms with Crippen LogP contribution in [0.5, 0.6) is 0 Å². The molecule has 1 aromatic carbocycles. The number of carbonyl (C=O) groups is 1. The highest BCUT2D eigenvalue weighted by atomic mass is 16.5. The molecule has 134 valence electrons. The second-order valence-corrected chi connectivity index (χ2v) is 5.88. The lowest BCUT2D eigenvalue weighted by Gasteiger charge is -2.16. The number of nitrogens with one attached hydrogen (secondary N) is 1. The Labute approximate surface area is 151 Å². The minimum Gasteiger partial charge on any atom is -0.394 e. The van der Waals surface area contributed by atoms with Gasteiger partial charge in [0, 0.05) is 30.8 Å². The average Bonchev–Trinajstić information content (AvgIpc) is 3.16. The first kappa shape index (κ1) is 17.8. The summed E-state index contributed by atoms with van der Waals surface area (Å²) in [6, 6.07) is 13.0. The average molecular weight is 352 g/mol. The predicted octanol–water partition coefficient (Wildman–Crippen LogP) is 1.78. The summed E-state index contributed by atoms with van der Waals surface area (Å²) in [5.41, 5.74) is 1.87. The number of rotatable bonds is 8. The third-order valence-electron chi connectivity index (χ3n) is 3.88. The minimum absolute atomic E-state index is 0.118. The molecule has 1 atom stereocenters. The number of aliphatic hydroxyl groups is 1. The van der Waals surface area contributed by atoms with Crippen LogP contribution < -0.4 is 5.32 Å². The van der Waals surface area contributed by atoms with E-state index in [9.17, 15) is 9.90 Å². The number of hydrogen-bond donors (Lipinski definition) is 2. The van der Waals surface area contributed by atoms with Crippen molar-refractivity contribution >= 4 is 5.91 Å². The van der Waals surface area contributed by atoms with Gasteiger partial charge in [-0.05, 0) is 24.1 Å². The van der Waals surface area contributed by atoms with Crippen LogP contribution in [0.4, 0.5) is 0 Å². The molecule has 0 bridgehead atoms. The largest absolute Gasteiger partial charge is 0.394 e. The predicted molar refractivity (Wildman–Crippen MR) is 95.0 cm³/mol. The molecule has 0 aliphatic carbocycles. The maximum Gasteiger partial charge on any atom is 0.227 e. The van der Waals surface area contributed by atoms with Gasteiger partial charge in [0.05, 0.1) is 12.6 Å². The number of pyridine rings is 1. The fourth-order valence-corrected chi connectivity index (χ4v) is 2.55. The van der Waals surface area contributed by atoms with Crippen LogP contribution in [0.1, 0.15) is 17.9 Å². The maximum atomic E-state index is 12.1. The number of hydrogen-bond acceptors (Lipinski definition) is 6. The highest BCUT2D eigenvalue weighted by Gasteiger charge is 2.14. The monoisotopic (exact) mass is 352 g/mol. The molecule has 0 aliphatic heterocycles. The summed E-state index contributed by atoms with van der Waals surface area (Å²) >= 11 is 0. The Balaban J connectivity index is 1.50. The summed E-state index contributed by atoms with van der Waals surface area (Å²) in [6.45, 7) is -0.118. The number of benzene rings is 1. The number of aliphatic hydroxyl groups excluding tert-OH is 1. The van der Waals surface area contributed by atoms with Crippen LogP contribution in [0.25, 0.3) is 11.4 Å². The fraction of sp³-hybridized carbons (Fsp3) is 0.263. The van der Waals surface area contributed by atoms with Crippen molar-refractivity contribution in [2.75, 3.05) is 6.61 Å². The van der Waals surface area contributed by atoms with E-state index in [0.29, 0.717) is 24.6 Å². The standard InChI is InChI=1S/C19H20N4O3/c24-13-16(12-14-4-2-1-3-5-14)21-17(25)6-7-18-22-19(23-26-18)15-8-10-20-11-9-15/h1-5,8-11,16,24H,6-7,12-13H2,(H,21,25)/t16-/m1/s1. The van der Waals surface area contributed by atoms with Crippen molar-refractivity contribution in [3.05, 3.63) is 66.3 Å². The fourth-order valence-electron chi connectivity index (χ4n) is 2.55. The van der Waals surface area contributed by atoms with Crippen molar-refractivity contribution in [2.24, 2.45) is 0 Å². The zero-order valence-electron chi connectivity index (χ0n) is 14.2. The van der Waals surface area contributed by atoms with Crippen molar-refractivity contribution in [1.29, 1.82) is 0 Å². The van der Waals surface area contributed by atoms with Crippen molar-refractivity contribution in [2.45, 2.75) is 25.3 Å². The molecule has 0 aliphatic rings. The second kappa shape index (κ2) is 8.87. The smallest absolute Gasteiger partial charge is 0.227 e. The van der Waals surface area contributed by atoms with Gasteiger partial charge in [0.2, 0.25) is 17.6 Å². The van der Waals surface area contributed by atoms with Crippen molar-refractivity contribution in [1.82, 2.24) is 20.4 Å². The van der Waals surface area contributed by atoms with Gasteiger partial charge in [0.25, 0.3) is 0 Å². The molecule has 0 radical (unpaired) electrons. The summed E-state index contributed by atoms with van der Waals surface area (Å²) in [4.78, 5) is 20.4. The number of aryl methyl sites for hydroxylation is 1. The minimum atomic E-state index is -0.319. The van der Waals surface area contributed by atoms with Crippen LogP contribution in [-0.2, 0) is 17.6 Å². The normalized spacial score (nSPS) is 11.9. The van der Waals surface area contributed by atoms with Gasteiger partial charge in [0.1, 0.15) is 0 Å². The Morgan fingerprint density at radius 3 is 2.65 bits per heavy atom. The van der Waals surface area contributed by atoms with Crippen molar-refractivity contribution in [3.8, 4) is 11.4 Å². The van der Waals surface area contributed by atoms with Crippen LogP contribution in [0, 0.1) is 0 Å². The number of carbonyl (C=O) groups excluding carboxylic acids is 1. The number of nitrogens with zero attached hydrogens (tertiary/aromatic N) is 3. The second-order valence-electron chi connectivity index (χ2n) is 5.88. The summed E-state index contributed by atoms with van der Waals surface area (Å²) in [7, 11) is 0. The van der Waals surface area contributed by atoms with Gasteiger partial charge in [-0.2, -0.15) is 4.98 Å². The molecular weight excluding hydrogens is 332 g/mol. The topological polar surface area (TPSA) is 101 Å². The highest BCUT2D eigenvalue weighted by Crippen LogP contribution is 2.14. The molecular formula is C19H20N4O3. The summed E-state index contributed by atoms with van der Waals surface area (Å²) in [6.07, 6.45) is 4.44. The molecule has 3 rings (SSSR count). The summed E-state index contributed by atoms with van der Waals surface area (Å²) in [5.74, 6) is 0.708. The Morgan fingerprint density at radius 2 is 1.92 bits per heavy atom. The zero-order chi connectivity index (χ0) is 18.2. The first-order valence-electron chi connectivity index (χ1n) is 8.41. The molecule has 0 saturated heterocycles.